The molecule has 0 aliphatic carbocycles. The van der Waals surface area contributed by atoms with Crippen LogP contribution in [0, 0.1) is 0 Å². The third kappa shape index (κ3) is 6.83. The van der Waals surface area contributed by atoms with Crippen LogP contribution in [-0.2, 0) is 0 Å². The van der Waals surface area contributed by atoms with Crippen LogP contribution in [0.4, 0.5) is 5.82 Å². The molecule has 0 atom stereocenters. The zero-order valence-corrected chi connectivity index (χ0v) is 11.8. The van der Waals surface area contributed by atoms with Gasteiger partial charge in [-0.2, -0.15) is 5.10 Å². The quantitative estimate of drug-likeness (QED) is 0.603. The van der Waals surface area contributed by atoms with E-state index in [1.807, 2.05) is 13.8 Å². The lowest BCUT2D eigenvalue weighted by Crippen LogP contribution is -2.08. The minimum absolute atomic E-state index is 0.180. The molecule has 0 aromatic carbocycles. The number of hydrogen-bond donors (Lipinski definition) is 2. The fraction of sp³-hybridized carbons (Fsp3) is 0.615. The van der Waals surface area contributed by atoms with Crippen molar-refractivity contribution in [1.82, 2.24) is 9.97 Å². The van der Waals surface area contributed by atoms with Crippen molar-refractivity contribution >= 4 is 11.5 Å². The Hall–Kier alpha value is -1.65. The van der Waals surface area contributed by atoms with Crippen molar-refractivity contribution in [3.05, 3.63) is 22.7 Å². The van der Waals surface area contributed by atoms with E-state index in [-0.39, 0.29) is 5.56 Å². The minimum Gasteiger partial charge on any atom is -0.313 e. The second-order valence-corrected chi connectivity index (χ2v) is 3.59. The van der Waals surface area contributed by atoms with Gasteiger partial charge in [-0.25, -0.2) is 4.98 Å². The fourth-order valence-electron chi connectivity index (χ4n) is 1.38. The number of aromatic amines is 1. The standard InChI is InChI=1S/C11H18N4O.C2H6/c1-3-5-9(6-4-2)14-15-10-7-11(16)13-8-12-10;1-2/h7-8H,3-6H2,1-2H3,(H2,12,13,15,16);1-2H3. The molecule has 1 rings (SSSR count). The van der Waals surface area contributed by atoms with Crippen LogP contribution in [0.2, 0.25) is 0 Å². The van der Waals surface area contributed by atoms with Gasteiger partial charge in [-0.1, -0.05) is 40.5 Å². The largest absolute Gasteiger partial charge is 0.313 e. The van der Waals surface area contributed by atoms with Crippen LogP contribution in [0.1, 0.15) is 53.4 Å². The SMILES string of the molecule is CC.CCCC(CCC)=NNc1cc(=O)[nH]cn1. The van der Waals surface area contributed by atoms with E-state index in [2.05, 4.69) is 34.3 Å². The van der Waals surface area contributed by atoms with Crippen molar-refractivity contribution in [3.63, 3.8) is 0 Å². The molecule has 5 nitrogen and oxygen atoms in total. The summed E-state index contributed by atoms with van der Waals surface area (Å²) in [5.74, 6) is 0.480. The average Bonchev–Trinajstić information content (AvgIpc) is 2.39. The van der Waals surface area contributed by atoms with E-state index in [0.717, 1.165) is 31.4 Å². The van der Waals surface area contributed by atoms with Crippen molar-refractivity contribution in [2.24, 2.45) is 5.10 Å². The number of H-pyrrole nitrogens is 1. The first-order chi connectivity index (χ1) is 8.76. The molecule has 0 saturated heterocycles. The molecule has 0 aliphatic heterocycles. The Labute approximate surface area is 109 Å². The van der Waals surface area contributed by atoms with Crippen molar-refractivity contribution in [2.75, 3.05) is 5.43 Å². The summed E-state index contributed by atoms with van der Waals surface area (Å²) >= 11 is 0. The topological polar surface area (TPSA) is 70.1 Å². The van der Waals surface area contributed by atoms with Crippen molar-refractivity contribution in [2.45, 2.75) is 53.4 Å². The van der Waals surface area contributed by atoms with Gasteiger partial charge in [0.15, 0.2) is 5.82 Å². The normalized spacial score (nSPS) is 9.11. The Morgan fingerprint density at radius 2 is 1.94 bits per heavy atom. The second kappa shape index (κ2) is 10.5. The molecule has 0 bridgehead atoms. The molecule has 1 aromatic heterocycles. The molecule has 1 aromatic rings. The molecule has 0 saturated carbocycles. The summed E-state index contributed by atoms with van der Waals surface area (Å²) in [5.41, 5.74) is 3.75. The monoisotopic (exact) mass is 252 g/mol. The number of nitrogens with one attached hydrogen (secondary N) is 2. The summed E-state index contributed by atoms with van der Waals surface area (Å²) in [6, 6.07) is 1.39. The van der Waals surface area contributed by atoms with Crippen LogP contribution in [0.3, 0.4) is 0 Å². The summed E-state index contributed by atoms with van der Waals surface area (Å²) in [5, 5.41) is 4.27. The van der Waals surface area contributed by atoms with Crippen molar-refractivity contribution in [1.29, 1.82) is 0 Å². The van der Waals surface area contributed by atoms with E-state index < -0.39 is 0 Å². The average molecular weight is 252 g/mol. The van der Waals surface area contributed by atoms with Gasteiger partial charge in [0, 0.05) is 11.8 Å². The van der Waals surface area contributed by atoms with Gasteiger partial charge >= 0.3 is 0 Å². The molecular weight excluding hydrogens is 228 g/mol. The molecule has 2 N–H and O–H groups in total. The van der Waals surface area contributed by atoms with Crippen LogP contribution in [-0.4, -0.2) is 15.7 Å². The van der Waals surface area contributed by atoms with Crippen LogP contribution >= 0.6 is 0 Å². The predicted molar refractivity (Wildman–Crippen MR) is 77.1 cm³/mol. The zero-order valence-electron chi connectivity index (χ0n) is 11.8. The van der Waals surface area contributed by atoms with E-state index in [4.69, 9.17) is 0 Å². The molecule has 0 aliphatic rings. The number of rotatable bonds is 6. The number of hydrazone groups is 1. The van der Waals surface area contributed by atoms with Crippen LogP contribution in [0.25, 0.3) is 0 Å². The molecule has 1 heterocycles. The van der Waals surface area contributed by atoms with Crippen LogP contribution in [0.15, 0.2) is 22.3 Å². The molecular formula is C13H24N4O. The highest BCUT2D eigenvalue weighted by atomic mass is 16.1. The summed E-state index contributed by atoms with van der Waals surface area (Å²) in [4.78, 5) is 17.4. The fourth-order valence-corrected chi connectivity index (χ4v) is 1.38. The Morgan fingerprint density at radius 3 is 2.44 bits per heavy atom. The van der Waals surface area contributed by atoms with Gasteiger partial charge in [0.1, 0.15) is 0 Å². The van der Waals surface area contributed by atoms with Gasteiger partial charge < -0.3 is 4.98 Å². The molecule has 0 unspecified atom stereocenters. The number of nitrogens with zero attached hydrogens (tertiary/aromatic N) is 2. The maximum absolute atomic E-state index is 11.0. The lowest BCUT2D eigenvalue weighted by atomic mass is 10.1. The Kier molecular flexibility index (Phi) is 9.54. The molecule has 5 heteroatoms. The lowest BCUT2D eigenvalue weighted by molar-refractivity contribution is 0.908. The first-order valence-corrected chi connectivity index (χ1v) is 6.62. The summed E-state index contributed by atoms with van der Waals surface area (Å²) < 4.78 is 0. The molecule has 0 amide bonds. The van der Waals surface area contributed by atoms with Crippen LogP contribution in [0.5, 0.6) is 0 Å². The van der Waals surface area contributed by atoms with E-state index in [1.54, 1.807) is 0 Å². The molecule has 0 spiro atoms. The smallest absolute Gasteiger partial charge is 0.252 e. The van der Waals surface area contributed by atoms with E-state index in [9.17, 15) is 4.79 Å². The molecule has 18 heavy (non-hydrogen) atoms. The van der Waals surface area contributed by atoms with Crippen molar-refractivity contribution < 1.29 is 0 Å². The lowest BCUT2D eigenvalue weighted by Gasteiger charge is -2.04. The van der Waals surface area contributed by atoms with Gasteiger partial charge in [-0.05, 0) is 12.8 Å². The number of anilines is 1. The third-order valence-corrected chi connectivity index (χ3v) is 2.08. The highest BCUT2D eigenvalue weighted by Crippen LogP contribution is 2.02. The van der Waals surface area contributed by atoms with E-state index in [1.165, 1.54) is 12.4 Å². The Balaban J connectivity index is 0.00000137. The first kappa shape index (κ1) is 16.4. The number of hydrogen-bond acceptors (Lipinski definition) is 4. The van der Waals surface area contributed by atoms with Gasteiger partial charge in [0.25, 0.3) is 5.56 Å². The molecule has 0 radical (unpaired) electrons. The van der Waals surface area contributed by atoms with Gasteiger partial charge in [0.2, 0.25) is 0 Å². The highest BCUT2D eigenvalue weighted by molar-refractivity contribution is 5.84. The summed E-state index contributed by atoms with van der Waals surface area (Å²) in [7, 11) is 0. The van der Waals surface area contributed by atoms with E-state index >= 15 is 0 Å². The molecule has 102 valence electrons. The third-order valence-electron chi connectivity index (χ3n) is 2.08. The highest BCUT2D eigenvalue weighted by Gasteiger charge is 1.97. The van der Waals surface area contributed by atoms with Crippen molar-refractivity contribution in [3.8, 4) is 0 Å². The van der Waals surface area contributed by atoms with Crippen LogP contribution < -0.4 is 11.0 Å². The number of aromatic nitrogens is 2. The maximum atomic E-state index is 11.0. The van der Waals surface area contributed by atoms with Gasteiger partial charge in [-0.3, -0.25) is 10.2 Å². The van der Waals surface area contributed by atoms with Gasteiger partial charge in [-0.15, -0.1) is 0 Å². The molecule has 0 fully saturated rings. The Morgan fingerprint density at radius 1 is 1.33 bits per heavy atom. The van der Waals surface area contributed by atoms with E-state index in [0.29, 0.717) is 5.82 Å². The van der Waals surface area contributed by atoms with Gasteiger partial charge in [0.05, 0.1) is 6.33 Å². The second-order valence-electron chi connectivity index (χ2n) is 3.59. The Bertz CT molecular complexity index is 390. The zero-order chi connectivity index (χ0) is 13.8. The maximum Gasteiger partial charge on any atom is 0.252 e. The first-order valence-electron chi connectivity index (χ1n) is 6.62. The predicted octanol–water partition coefficient (Wildman–Crippen LogP) is 3.16. The minimum atomic E-state index is -0.180. The summed E-state index contributed by atoms with van der Waals surface area (Å²) in [6.07, 6.45) is 5.46. The summed E-state index contributed by atoms with van der Waals surface area (Å²) in [6.45, 7) is 8.24.